The van der Waals surface area contributed by atoms with Crippen molar-refractivity contribution < 1.29 is 14.6 Å². The number of ether oxygens (including phenoxy) is 1. The van der Waals surface area contributed by atoms with Crippen molar-refractivity contribution in [2.75, 3.05) is 6.61 Å². The third-order valence-electron chi connectivity index (χ3n) is 1.42. The van der Waals surface area contributed by atoms with Crippen molar-refractivity contribution in [2.45, 2.75) is 12.5 Å². The van der Waals surface area contributed by atoms with Gasteiger partial charge in [-0.25, -0.2) is 0 Å². The molecule has 0 saturated carbocycles. The number of rotatable bonds is 3. The number of aliphatic hydroxyl groups is 1. The Balaban J connectivity index is 2.42. The van der Waals surface area contributed by atoms with Crippen LogP contribution >= 0.6 is 0 Å². The molecule has 3 heteroatoms. The van der Waals surface area contributed by atoms with E-state index in [1.807, 2.05) is 6.08 Å². The van der Waals surface area contributed by atoms with Crippen molar-refractivity contribution in [3.05, 3.63) is 24.0 Å². The summed E-state index contributed by atoms with van der Waals surface area (Å²) in [4.78, 5) is 10.0. The van der Waals surface area contributed by atoms with Gasteiger partial charge in [-0.1, -0.05) is 0 Å². The summed E-state index contributed by atoms with van der Waals surface area (Å²) in [5, 5.41) is 8.93. The summed E-state index contributed by atoms with van der Waals surface area (Å²) in [6.07, 6.45) is 5.17. The largest absolute Gasteiger partial charge is 0.497 e. The van der Waals surface area contributed by atoms with Gasteiger partial charge in [-0.05, 0) is 17.7 Å². The molecule has 1 heterocycles. The van der Waals surface area contributed by atoms with Crippen molar-refractivity contribution >= 4 is 6.29 Å². The highest BCUT2D eigenvalue weighted by atomic mass is 16.5. The first kappa shape index (κ1) is 8.01. The predicted octanol–water partition coefficient (Wildman–Crippen LogP) is 0.407. The molecule has 0 aliphatic carbocycles. The maximum Gasteiger partial charge on any atom is 0.148 e. The van der Waals surface area contributed by atoms with Crippen LogP contribution in [-0.2, 0) is 9.53 Å². The quantitative estimate of drug-likeness (QED) is 0.599. The van der Waals surface area contributed by atoms with E-state index < -0.39 is 6.10 Å². The standard InChI is InChI=1S/C8H10O3/c9-6-8(10)5-7-1-3-11-4-2-7/h1-3,6,8,10H,4-5H2. The van der Waals surface area contributed by atoms with Gasteiger partial charge in [0.25, 0.3) is 0 Å². The maximum atomic E-state index is 10.0. The molecule has 1 rings (SSSR count). The molecular weight excluding hydrogens is 144 g/mol. The van der Waals surface area contributed by atoms with Crippen LogP contribution < -0.4 is 0 Å². The molecule has 1 atom stereocenters. The summed E-state index contributed by atoms with van der Waals surface area (Å²) < 4.78 is 4.89. The molecule has 3 nitrogen and oxygen atoms in total. The fraction of sp³-hybridized carbons (Fsp3) is 0.375. The molecule has 1 unspecified atom stereocenters. The van der Waals surface area contributed by atoms with E-state index in [0.29, 0.717) is 19.3 Å². The minimum atomic E-state index is -0.885. The van der Waals surface area contributed by atoms with Gasteiger partial charge in [0.15, 0.2) is 0 Å². The molecule has 0 aromatic carbocycles. The van der Waals surface area contributed by atoms with Gasteiger partial charge in [0.1, 0.15) is 19.0 Å². The zero-order valence-electron chi connectivity index (χ0n) is 6.06. The Morgan fingerprint density at radius 1 is 1.82 bits per heavy atom. The fourth-order valence-electron chi connectivity index (χ4n) is 0.855. The lowest BCUT2D eigenvalue weighted by molar-refractivity contribution is -0.114. The second-order valence-electron chi connectivity index (χ2n) is 2.32. The van der Waals surface area contributed by atoms with Crippen LogP contribution in [0.3, 0.4) is 0 Å². The number of hydrogen-bond donors (Lipinski definition) is 1. The summed E-state index contributed by atoms with van der Waals surface area (Å²) >= 11 is 0. The highest BCUT2D eigenvalue weighted by Crippen LogP contribution is 2.09. The highest BCUT2D eigenvalue weighted by molar-refractivity contribution is 5.56. The van der Waals surface area contributed by atoms with Gasteiger partial charge in [-0.15, -0.1) is 0 Å². The number of carbonyl (C=O) groups excluding carboxylic acids is 1. The van der Waals surface area contributed by atoms with E-state index in [0.717, 1.165) is 5.57 Å². The average molecular weight is 154 g/mol. The molecule has 0 spiro atoms. The lowest BCUT2D eigenvalue weighted by atomic mass is 10.1. The third-order valence-corrected chi connectivity index (χ3v) is 1.42. The van der Waals surface area contributed by atoms with Crippen LogP contribution in [0.1, 0.15) is 6.42 Å². The van der Waals surface area contributed by atoms with Crippen LogP contribution in [-0.4, -0.2) is 24.1 Å². The molecule has 0 bridgehead atoms. The Hall–Kier alpha value is -1.09. The van der Waals surface area contributed by atoms with Gasteiger partial charge in [-0.3, -0.25) is 0 Å². The molecule has 0 aromatic heterocycles. The molecule has 0 saturated heterocycles. The maximum absolute atomic E-state index is 10.0. The van der Waals surface area contributed by atoms with Gasteiger partial charge >= 0.3 is 0 Å². The van der Waals surface area contributed by atoms with Crippen LogP contribution in [0.25, 0.3) is 0 Å². The Morgan fingerprint density at radius 2 is 2.64 bits per heavy atom. The van der Waals surface area contributed by atoms with E-state index in [-0.39, 0.29) is 0 Å². The summed E-state index contributed by atoms with van der Waals surface area (Å²) in [7, 11) is 0. The first-order valence-electron chi connectivity index (χ1n) is 3.43. The van der Waals surface area contributed by atoms with Crippen LogP contribution in [0.15, 0.2) is 24.0 Å². The minimum absolute atomic E-state index is 0.378. The Morgan fingerprint density at radius 3 is 3.18 bits per heavy atom. The van der Waals surface area contributed by atoms with E-state index >= 15 is 0 Å². The second-order valence-corrected chi connectivity index (χ2v) is 2.32. The van der Waals surface area contributed by atoms with E-state index in [9.17, 15) is 4.79 Å². The molecule has 0 radical (unpaired) electrons. The monoisotopic (exact) mass is 154 g/mol. The second kappa shape index (κ2) is 3.93. The Kier molecular flexibility index (Phi) is 2.86. The number of aliphatic hydroxyl groups excluding tert-OH is 1. The van der Waals surface area contributed by atoms with Crippen molar-refractivity contribution in [3.8, 4) is 0 Å². The molecule has 0 aromatic rings. The van der Waals surface area contributed by atoms with Gasteiger partial charge in [0.05, 0.1) is 6.26 Å². The highest BCUT2D eigenvalue weighted by Gasteiger charge is 2.04. The first-order chi connectivity index (χ1) is 5.33. The SMILES string of the molecule is O=CC(O)CC1=CCOC=C1. The molecule has 1 aliphatic heterocycles. The van der Waals surface area contributed by atoms with Crippen molar-refractivity contribution in [1.82, 2.24) is 0 Å². The zero-order valence-corrected chi connectivity index (χ0v) is 6.06. The Bertz CT molecular complexity index is 194. The van der Waals surface area contributed by atoms with Crippen LogP contribution in [0.2, 0.25) is 0 Å². The smallest absolute Gasteiger partial charge is 0.148 e. The van der Waals surface area contributed by atoms with Gasteiger partial charge in [-0.2, -0.15) is 0 Å². The summed E-state index contributed by atoms with van der Waals surface area (Å²) in [6.45, 7) is 0.525. The number of aldehydes is 1. The molecule has 0 fully saturated rings. The topological polar surface area (TPSA) is 46.5 Å². The summed E-state index contributed by atoms with van der Waals surface area (Å²) in [6, 6.07) is 0. The van der Waals surface area contributed by atoms with E-state index in [1.54, 1.807) is 12.3 Å². The molecule has 11 heavy (non-hydrogen) atoms. The molecule has 1 N–H and O–H groups in total. The van der Waals surface area contributed by atoms with E-state index in [4.69, 9.17) is 9.84 Å². The van der Waals surface area contributed by atoms with Gasteiger partial charge < -0.3 is 14.6 Å². The van der Waals surface area contributed by atoms with E-state index in [2.05, 4.69) is 0 Å². The zero-order chi connectivity index (χ0) is 8.10. The number of allylic oxidation sites excluding steroid dienone is 1. The third kappa shape index (κ3) is 2.55. The van der Waals surface area contributed by atoms with Crippen molar-refractivity contribution in [1.29, 1.82) is 0 Å². The summed E-state index contributed by atoms with van der Waals surface area (Å²) in [5.74, 6) is 0. The summed E-state index contributed by atoms with van der Waals surface area (Å²) in [5.41, 5.74) is 0.941. The first-order valence-corrected chi connectivity index (χ1v) is 3.43. The van der Waals surface area contributed by atoms with Gasteiger partial charge in [0.2, 0.25) is 0 Å². The lowest BCUT2D eigenvalue weighted by Gasteiger charge is -2.08. The molecule has 60 valence electrons. The van der Waals surface area contributed by atoms with Crippen LogP contribution in [0, 0.1) is 0 Å². The molecular formula is C8H10O3. The number of carbonyl (C=O) groups is 1. The normalized spacial score (nSPS) is 18.5. The lowest BCUT2D eigenvalue weighted by Crippen LogP contribution is -2.09. The average Bonchev–Trinajstić information content (AvgIpc) is 2.06. The minimum Gasteiger partial charge on any atom is -0.497 e. The van der Waals surface area contributed by atoms with Crippen LogP contribution in [0.4, 0.5) is 0 Å². The predicted molar refractivity (Wildman–Crippen MR) is 39.9 cm³/mol. The van der Waals surface area contributed by atoms with Crippen molar-refractivity contribution in [2.24, 2.45) is 0 Å². The molecule has 0 amide bonds. The van der Waals surface area contributed by atoms with Crippen LogP contribution in [0.5, 0.6) is 0 Å². The number of hydrogen-bond acceptors (Lipinski definition) is 3. The fourth-order valence-corrected chi connectivity index (χ4v) is 0.855. The van der Waals surface area contributed by atoms with Crippen molar-refractivity contribution in [3.63, 3.8) is 0 Å². The Labute approximate surface area is 65.0 Å². The van der Waals surface area contributed by atoms with Gasteiger partial charge in [0, 0.05) is 6.42 Å². The van der Waals surface area contributed by atoms with E-state index in [1.165, 1.54) is 0 Å². The molecule has 1 aliphatic rings.